The van der Waals surface area contributed by atoms with Crippen molar-refractivity contribution in [1.29, 1.82) is 0 Å². The van der Waals surface area contributed by atoms with Gasteiger partial charge >= 0.3 is 0 Å². The van der Waals surface area contributed by atoms with Crippen LogP contribution in [0.2, 0.25) is 0 Å². The first-order valence-corrected chi connectivity index (χ1v) is 13.3. The molecule has 0 unspecified atom stereocenters. The molecule has 4 fully saturated rings. The molecule has 0 radical (unpaired) electrons. The molecule has 0 heterocycles. The molecule has 7 heteroatoms. The first-order valence-electron chi connectivity index (χ1n) is 13.3. The first kappa shape index (κ1) is 27.7. The number of aliphatic hydroxyl groups is 3. The van der Waals surface area contributed by atoms with Gasteiger partial charge in [0.25, 0.3) is 0 Å². The highest BCUT2D eigenvalue weighted by Gasteiger charge is 2.68. The highest BCUT2D eigenvalue weighted by Crippen LogP contribution is 2.67. The molecule has 4 aliphatic carbocycles. The number of aliphatic hydroxyl groups excluding tert-OH is 2. The van der Waals surface area contributed by atoms with Gasteiger partial charge in [0.2, 0.25) is 0 Å². The van der Waals surface area contributed by atoms with Crippen LogP contribution >= 0.6 is 0 Å². The van der Waals surface area contributed by atoms with E-state index in [9.17, 15) is 24.9 Å². The highest BCUT2D eigenvalue weighted by atomic mass is 16.7. The Kier molecular flexibility index (Phi) is 8.67. The number of carbonyl (C=O) groups excluding carboxylic acids is 2. The van der Waals surface area contributed by atoms with Gasteiger partial charge in [0.1, 0.15) is 18.0 Å². The Morgan fingerprint density at radius 1 is 1.09 bits per heavy atom. The molecule has 0 amide bonds. The van der Waals surface area contributed by atoms with Crippen molar-refractivity contribution in [2.24, 2.45) is 34.5 Å². The minimum Gasteiger partial charge on any atom is -0.393 e. The predicted octanol–water partition coefficient (Wildman–Crippen LogP) is 3.27. The van der Waals surface area contributed by atoms with E-state index in [1.165, 1.54) is 0 Å². The van der Waals surface area contributed by atoms with Gasteiger partial charge in [-0.3, -0.25) is 9.59 Å². The van der Waals surface area contributed by atoms with Crippen LogP contribution < -0.4 is 0 Å². The van der Waals surface area contributed by atoms with E-state index in [4.69, 9.17) is 9.47 Å². The molecule has 4 aliphatic rings. The van der Waals surface area contributed by atoms with Crippen LogP contribution in [0.1, 0.15) is 86.0 Å². The summed E-state index contributed by atoms with van der Waals surface area (Å²) in [7, 11) is 0. The Labute approximate surface area is 204 Å². The molecule has 0 saturated heterocycles. The second-order valence-corrected chi connectivity index (χ2v) is 11.5. The van der Waals surface area contributed by atoms with Crippen molar-refractivity contribution in [2.75, 3.05) is 19.8 Å². The fourth-order valence-electron chi connectivity index (χ4n) is 8.16. The molecular weight excluding hydrogens is 436 g/mol. The summed E-state index contributed by atoms with van der Waals surface area (Å²) >= 11 is 0. The predicted molar refractivity (Wildman–Crippen MR) is 128 cm³/mol. The van der Waals surface area contributed by atoms with E-state index in [1.807, 2.05) is 27.7 Å². The fraction of sp³-hybridized carbons (Fsp3) is 0.926. The zero-order chi connectivity index (χ0) is 25.3. The van der Waals surface area contributed by atoms with Crippen LogP contribution in [0.4, 0.5) is 0 Å². The van der Waals surface area contributed by atoms with Crippen molar-refractivity contribution >= 4 is 11.6 Å². The Morgan fingerprint density at radius 2 is 1.74 bits per heavy atom. The normalized spacial score (nSPS) is 43.4. The maximum absolute atomic E-state index is 13.4. The minimum absolute atomic E-state index is 0.0154. The van der Waals surface area contributed by atoms with Gasteiger partial charge in [0.05, 0.1) is 6.10 Å². The quantitative estimate of drug-likeness (QED) is 0.498. The molecule has 0 aromatic carbocycles. The second kappa shape index (κ2) is 10.6. The molecule has 8 atom stereocenters. The van der Waals surface area contributed by atoms with Gasteiger partial charge < -0.3 is 24.8 Å². The van der Waals surface area contributed by atoms with Gasteiger partial charge in [-0.15, -0.1) is 0 Å². The summed E-state index contributed by atoms with van der Waals surface area (Å²) in [5, 5.41) is 30.6. The van der Waals surface area contributed by atoms with E-state index < -0.39 is 23.4 Å². The van der Waals surface area contributed by atoms with Crippen molar-refractivity contribution in [2.45, 2.75) is 104 Å². The van der Waals surface area contributed by atoms with Crippen molar-refractivity contribution in [1.82, 2.24) is 0 Å². The van der Waals surface area contributed by atoms with E-state index in [0.29, 0.717) is 12.3 Å². The van der Waals surface area contributed by atoms with Crippen LogP contribution in [-0.2, 0) is 19.1 Å². The summed E-state index contributed by atoms with van der Waals surface area (Å²) in [6.45, 7) is 10.7. The van der Waals surface area contributed by atoms with Gasteiger partial charge in [0, 0.05) is 31.0 Å². The van der Waals surface area contributed by atoms with Crippen LogP contribution in [0.15, 0.2) is 0 Å². The maximum Gasteiger partial charge on any atom is 0.190 e. The second-order valence-electron chi connectivity index (χ2n) is 11.5. The Morgan fingerprint density at radius 3 is 2.32 bits per heavy atom. The smallest absolute Gasteiger partial charge is 0.190 e. The number of Topliss-reactive ketones (excluding diaryl/α,β-unsaturated/α-hetero) is 2. The Balaban J connectivity index is 0.000000350. The summed E-state index contributed by atoms with van der Waals surface area (Å²) in [6.07, 6.45) is 5.44. The number of hydrogen-bond acceptors (Lipinski definition) is 7. The van der Waals surface area contributed by atoms with Gasteiger partial charge in [0.15, 0.2) is 12.1 Å². The average Bonchev–Trinajstić information content (AvgIpc) is 3.05. The number of rotatable bonds is 6. The lowest BCUT2D eigenvalue weighted by Crippen LogP contribution is -2.62. The molecule has 0 spiro atoms. The molecule has 7 nitrogen and oxygen atoms in total. The molecule has 4 saturated carbocycles. The van der Waals surface area contributed by atoms with Crippen LogP contribution in [0.3, 0.4) is 0 Å². The summed E-state index contributed by atoms with van der Waals surface area (Å²) < 4.78 is 10.1. The number of ketones is 2. The van der Waals surface area contributed by atoms with Crippen LogP contribution in [0.5, 0.6) is 0 Å². The monoisotopic (exact) mass is 482 g/mol. The molecule has 0 aromatic rings. The van der Waals surface area contributed by atoms with Crippen LogP contribution in [0, 0.1) is 34.5 Å². The number of fused-ring (bicyclic) bond motifs is 5. The third kappa shape index (κ3) is 4.63. The minimum atomic E-state index is -1.58. The van der Waals surface area contributed by atoms with E-state index in [0.717, 1.165) is 51.7 Å². The van der Waals surface area contributed by atoms with E-state index in [2.05, 4.69) is 6.92 Å². The Hall–Kier alpha value is -0.860. The number of carbonyl (C=O) groups is 2. The first-order chi connectivity index (χ1) is 16.0. The zero-order valence-corrected chi connectivity index (χ0v) is 21.7. The summed E-state index contributed by atoms with van der Waals surface area (Å²) in [5.41, 5.74) is -2.40. The third-order valence-corrected chi connectivity index (χ3v) is 9.89. The third-order valence-electron chi connectivity index (χ3n) is 9.89. The maximum atomic E-state index is 13.4. The largest absolute Gasteiger partial charge is 0.393 e. The lowest BCUT2D eigenvalue weighted by Gasteiger charge is -2.60. The standard InChI is InChI=1S/C21H32O5.C6H14O2/c1-19-7-5-13(23)9-12(19)3-4-14-15-6-8-21(26,17(25)11-22)20(15,2)10-16(24)18(14)19;1-4-7-6(3)8-5-2/h12-15,18,22-23,26H,3-11H2,1-2H3;6H,4-5H2,1-3H3/t12-,13-,14+,15+,18-,19+,20+,21+;/m1./s1. The van der Waals surface area contributed by atoms with Crippen LogP contribution in [-0.4, -0.2) is 64.7 Å². The topological polar surface area (TPSA) is 113 Å². The van der Waals surface area contributed by atoms with E-state index in [1.54, 1.807) is 0 Å². The zero-order valence-electron chi connectivity index (χ0n) is 21.7. The molecule has 0 bridgehead atoms. The molecule has 196 valence electrons. The van der Waals surface area contributed by atoms with Crippen molar-refractivity contribution in [3.63, 3.8) is 0 Å². The highest BCUT2D eigenvalue weighted by molar-refractivity contribution is 5.92. The molecular formula is C27H46O7. The van der Waals surface area contributed by atoms with Gasteiger partial charge in [-0.2, -0.15) is 0 Å². The van der Waals surface area contributed by atoms with Crippen LogP contribution in [0.25, 0.3) is 0 Å². The van der Waals surface area contributed by atoms with Crippen molar-refractivity contribution in [3.8, 4) is 0 Å². The number of hydrogen-bond donors (Lipinski definition) is 3. The summed E-state index contributed by atoms with van der Waals surface area (Å²) in [6, 6.07) is 0. The van der Waals surface area contributed by atoms with Crippen molar-refractivity contribution in [3.05, 3.63) is 0 Å². The van der Waals surface area contributed by atoms with E-state index >= 15 is 0 Å². The van der Waals surface area contributed by atoms with E-state index in [-0.39, 0.29) is 47.8 Å². The summed E-state index contributed by atoms with van der Waals surface area (Å²) in [5.74, 6) is 0.380. The molecule has 3 N–H and O–H groups in total. The fourth-order valence-corrected chi connectivity index (χ4v) is 8.16. The molecule has 0 aliphatic heterocycles. The SMILES string of the molecule is CCOC(C)OCC.C[C@]12CC[C@@H](O)C[C@H]1CC[C@@H]1[C@@H]2C(=O)C[C@@]2(C)[C@H]1CC[C@]2(O)C(=O)CO. The molecule has 34 heavy (non-hydrogen) atoms. The Bertz CT molecular complexity index is 734. The summed E-state index contributed by atoms with van der Waals surface area (Å²) in [4.78, 5) is 25.7. The lowest BCUT2D eigenvalue weighted by atomic mass is 9.44. The van der Waals surface area contributed by atoms with Gasteiger partial charge in [-0.05, 0) is 88.9 Å². The van der Waals surface area contributed by atoms with Gasteiger partial charge in [-0.1, -0.05) is 13.8 Å². The average molecular weight is 483 g/mol. The van der Waals surface area contributed by atoms with Gasteiger partial charge in [-0.25, -0.2) is 0 Å². The lowest BCUT2D eigenvalue weighted by molar-refractivity contribution is -0.180. The molecule has 4 rings (SSSR count). The molecule has 0 aromatic heterocycles. The number of ether oxygens (including phenoxy) is 2. The van der Waals surface area contributed by atoms with Crippen molar-refractivity contribution < 1.29 is 34.4 Å².